The molecule has 7 nitrogen and oxygen atoms in total. The van der Waals surface area contributed by atoms with E-state index in [1.54, 1.807) is 6.07 Å². The largest absolute Gasteiger partial charge is 0.353 e. The van der Waals surface area contributed by atoms with Crippen molar-refractivity contribution in [3.63, 3.8) is 0 Å². The highest BCUT2D eigenvalue weighted by Crippen LogP contribution is 2.36. The predicted molar refractivity (Wildman–Crippen MR) is 104 cm³/mol. The molecule has 1 aliphatic rings. The van der Waals surface area contributed by atoms with Gasteiger partial charge in [-0.05, 0) is 18.2 Å². The van der Waals surface area contributed by atoms with Gasteiger partial charge in [-0.1, -0.05) is 6.58 Å². The van der Waals surface area contributed by atoms with Crippen molar-refractivity contribution >= 4 is 37.4 Å². The molecular formula is C17H16FN5O2S2. The lowest BCUT2D eigenvalue weighted by molar-refractivity contribution is 0.389. The van der Waals surface area contributed by atoms with Crippen LogP contribution < -0.4 is 4.90 Å². The number of rotatable bonds is 4. The summed E-state index contributed by atoms with van der Waals surface area (Å²) in [5.74, 6) is 0.251. The lowest BCUT2D eigenvalue weighted by atomic mass is 10.2. The summed E-state index contributed by atoms with van der Waals surface area (Å²) in [6.07, 6.45) is 3.00. The molecule has 0 unspecified atom stereocenters. The van der Waals surface area contributed by atoms with Crippen LogP contribution in [0.25, 0.3) is 20.7 Å². The van der Waals surface area contributed by atoms with Gasteiger partial charge in [0.2, 0.25) is 16.0 Å². The van der Waals surface area contributed by atoms with E-state index in [1.807, 2.05) is 6.07 Å². The van der Waals surface area contributed by atoms with Gasteiger partial charge < -0.3 is 4.90 Å². The van der Waals surface area contributed by atoms with Crippen molar-refractivity contribution in [2.24, 2.45) is 0 Å². The molecule has 0 spiro atoms. The molecule has 0 radical (unpaired) electrons. The maximum Gasteiger partial charge on any atom is 0.235 e. The van der Waals surface area contributed by atoms with Crippen molar-refractivity contribution in [1.82, 2.24) is 19.3 Å². The standard InChI is InChI=1S/C17H16FN5O2S2/c1-2-27(24,25)23-7-5-22(6-8-23)16-13-9-14(26-17(13)21-11-20-16)12-3-4-15(18)19-10-12/h2-4,9-11H,1,5-8H2. The van der Waals surface area contributed by atoms with Crippen LogP contribution in [-0.4, -0.2) is 53.9 Å². The number of sulfonamides is 1. The molecule has 0 aliphatic carbocycles. The summed E-state index contributed by atoms with van der Waals surface area (Å²) in [5, 5.41) is 1.87. The summed E-state index contributed by atoms with van der Waals surface area (Å²) < 4.78 is 38.3. The van der Waals surface area contributed by atoms with Gasteiger partial charge in [-0.25, -0.2) is 23.4 Å². The third kappa shape index (κ3) is 3.43. The summed E-state index contributed by atoms with van der Waals surface area (Å²) in [6.45, 7) is 5.18. The second-order valence-electron chi connectivity index (χ2n) is 5.99. The Balaban J connectivity index is 1.63. The topological polar surface area (TPSA) is 79.3 Å². The van der Waals surface area contributed by atoms with Crippen molar-refractivity contribution in [2.45, 2.75) is 0 Å². The third-order valence-corrected chi connectivity index (χ3v) is 7.03. The van der Waals surface area contributed by atoms with Crippen LogP contribution in [0.15, 0.2) is 42.7 Å². The molecule has 0 saturated carbocycles. The van der Waals surface area contributed by atoms with Crippen molar-refractivity contribution in [3.05, 3.63) is 48.7 Å². The number of hydrogen-bond acceptors (Lipinski definition) is 7. The first-order valence-corrected chi connectivity index (χ1v) is 10.5. The molecule has 140 valence electrons. The number of aromatic nitrogens is 3. The van der Waals surface area contributed by atoms with E-state index in [0.29, 0.717) is 26.2 Å². The van der Waals surface area contributed by atoms with Gasteiger partial charge in [0.05, 0.1) is 5.39 Å². The highest BCUT2D eigenvalue weighted by molar-refractivity contribution is 7.92. The Hall–Kier alpha value is -2.43. The van der Waals surface area contributed by atoms with Crippen LogP contribution in [0.3, 0.4) is 0 Å². The average molecular weight is 405 g/mol. The van der Waals surface area contributed by atoms with Gasteiger partial charge >= 0.3 is 0 Å². The van der Waals surface area contributed by atoms with Crippen molar-refractivity contribution in [2.75, 3.05) is 31.1 Å². The number of nitrogens with zero attached hydrogens (tertiary/aromatic N) is 5. The summed E-state index contributed by atoms with van der Waals surface area (Å²) in [6, 6.07) is 4.97. The molecule has 27 heavy (non-hydrogen) atoms. The van der Waals surface area contributed by atoms with Crippen LogP contribution in [0, 0.1) is 5.95 Å². The van der Waals surface area contributed by atoms with E-state index in [1.165, 1.54) is 34.2 Å². The number of pyridine rings is 1. The van der Waals surface area contributed by atoms with Crippen LogP contribution >= 0.6 is 11.3 Å². The second kappa shape index (κ2) is 6.95. The molecule has 3 aromatic rings. The van der Waals surface area contributed by atoms with Gasteiger partial charge in [-0.3, -0.25) is 0 Å². The second-order valence-corrected chi connectivity index (χ2v) is 8.90. The minimum Gasteiger partial charge on any atom is -0.353 e. The average Bonchev–Trinajstić information content (AvgIpc) is 3.13. The minimum atomic E-state index is -3.40. The van der Waals surface area contributed by atoms with Crippen LogP contribution in [0.4, 0.5) is 10.2 Å². The van der Waals surface area contributed by atoms with E-state index in [-0.39, 0.29) is 0 Å². The quantitative estimate of drug-likeness (QED) is 0.621. The van der Waals surface area contributed by atoms with E-state index < -0.39 is 16.0 Å². The number of piperazine rings is 1. The van der Waals surface area contributed by atoms with E-state index >= 15 is 0 Å². The summed E-state index contributed by atoms with van der Waals surface area (Å²) in [5.41, 5.74) is 0.812. The smallest absolute Gasteiger partial charge is 0.235 e. The number of thiophene rings is 1. The third-order valence-electron chi connectivity index (χ3n) is 4.43. The molecule has 0 amide bonds. The molecule has 0 N–H and O–H groups in total. The van der Waals surface area contributed by atoms with Gasteiger partial charge in [0.25, 0.3) is 0 Å². The van der Waals surface area contributed by atoms with Crippen LogP contribution in [0.2, 0.25) is 0 Å². The fourth-order valence-electron chi connectivity index (χ4n) is 3.02. The number of anilines is 1. The van der Waals surface area contributed by atoms with Crippen LogP contribution in [0.1, 0.15) is 0 Å². The SMILES string of the molecule is C=CS(=O)(=O)N1CCN(c2ncnc3sc(-c4ccc(F)nc4)cc23)CC1. The van der Waals surface area contributed by atoms with E-state index in [2.05, 4.69) is 26.4 Å². The Bertz CT molecular complexity index is 1090. The monoisotopic (exact) mass is 405 g/mol. The molecule has 1 fully saturated rings. The van der Waals surface area contributed by atoms with Crippen molar-refractivity contribution < 1.29 is 12.8 Å². The minimum absolute atomic E-state index is 0.374. The van der Waals surface area contributed by atoms with Gasteiger partial charge in [0.1, 0.15) is 17.0 Å². The molecule has 1 saturated heterocycles. The Morgan fingerprint density at radius 2 is 1.93 bits per heavy atom. The molecule has 4 heterocycles. The summed E-state index contributed by atoms with van der Waals surface area (Å²) >= 11 is 1.48. The highest BCUT2D eigenvalue weighted by atomic mass is 32.2. The van der Waals surface area contributed by atoms with Gasteiger partial charge in [-0.15, -0.1) is 11.3 Å². The molecule has 0 bridgehead atoms. The van der Waals surface area contributed by atoms with Gasteiger partial charge in [0.15, 0.2) is 0 Å². The van der Waals surface area contributed by atoms with E-state index in [4.69, 9.17) is 0 Å². The first kappa shape index (κ1) is 18.0. The van der Waals surface area contributed by atoms with Gasteiger partial charge in [-0.2, -0.15) is 8.70 Å². The van der Waals surface area contributed by atoms with E-state index in [9.17, 15) is 12.8 Å². The number of halogens is 1. The molecule has 4 rings (SSSR count). The molecule has 1 aliphatic heterocycles. The molecule has 0 atom stereocenters. The Morgan fingerprint density at radius 1 is 1.15 bits per heavy atom. The van der Waals surface area contributed by atoms with E-state index in [0.717, 1.165) is 31.9 Å². The maximum absolute atomic E-state index is 13.1. The molecule has 0 aromatic carbocycles. The zero-order chi connectivity index (χ0) is 19.0. The maximum atomic E-state index is 13.1. The van der Waals surface area contributed by atoms with Gasteiger partial charge in [0, 0.05) is 48.2 Å². The normalized spacial score (nSPS) is 16.0. The Labute approximate surface area is 159 Å². The molecular weight excluding hydrogens is 389 g/mol. The van der Waals surface area contributed by atoms with Crippen molar-refractivity contribution in [3.8, 4) is 10.4 Å². The fraction of sp³-hybridized carbons (Fsp3) is 0.235. The zero-order valence-corrected chi connectivity index (χ0v) is 15.9. The predicted octanol–water partition coefficient (Wildman–Crippen LogP) is 2.49. The summed E-state index contributed by atoms with van der Waals surface area (Å²) in [7, 11) is -3.40. The molecule has 10 heteroatoms. The molecule has 3 aromatic heterocycles. The zero-order valence-electron chi connectivity index (χ0n) is 14.2. The lowest BCUT2D eigenvalue weighted by Crippen LogP contribution is -2.48. The van der Waals surface area contributed by atoms with Crippen LogP contribution in [-0.2, 0) is 10.0 Å². The first-order valence-electron chi connectivity index (χ1n) is 8.22. The summed E-state index contributed by atoms with van der Waals surface area (Å²) in [4.78, 5) is 16.2. The first-order chi connectivity index (χ1) is 13.0. The van der Waals surface area contributed by atoms with Crippen molar-refractivity contribution in [1.29, 1.82) is 0 Å². The van der Waals surface area contributed by atoms with Crippen LogP contribution in [0.5, 0.6) is 0 Å². The lowest BCUT2D eigenvalue weighted by Gasteiger charge is -2.34. The Kier molecular flexibility index (Phi) is 4.62. The number of fused-ring (bicyclic) bond motifs is 1. The number of hydrogen-bond donors (Lipinski definition) is 0. The highest BCUT2D eigenvalue weighted by Gasteiger charge is 2.26. The fourth-order valence-corrected chi connectivity index (χ4v) is 4.89. The Morgan fingerprint density at radius 3 is 2.59 bits per heavy atom.